The van der Waals surface area contributed by atoms with Gasteiger partial charge >= 0.3 is 5.97 Å². The summed E-state index contributed by atoms with van der Waals surface area (Å²) in [6.45, 7) is 3.62. The monoisotopic (exact) mass is 230 g/mol. The van der Waals surface area contributed by atoms with Crippen molar-refractivity contribution in [1.29, 1.82) is 5.26 Å². The molecular formula is C13H14N2O2. The summed E-state index contributed by atoms with van der Waals surface area (Å²) >= 11 is 0. The lowest BCUT2D eigenvalue weighted by atomic mass is 10.2. The number of ether oxygens (including phenoxy) is 1. The van der Waals surface area contributed by atoms with Gasteiger partial charge in [-0.25, -0.2) is 4.79 Å². The van der Waals surface area contributed by atoms with Gasteiger partial charge in [0.1, 0.15) is 6.07 Å². The van der Waals surface area contributed by atoms with E-state index in [-0.39, 0.29) is 12.2 Å². The van der Waals surface area contributed by atoms with E-state index in [0.717, 1.165) is 5.69 Å². The number of hydrogen-bond acceptors (Lipinski definition) is 4. The van der Waals surface area contributed by atoms with Crippen LogP contribution in [0.1, 0.15) is 13.8 Å². The average molecular weight is 230 g/mol. The van der Waals surface area contributed by atoms with Crippen molar-refractivity contribution in [2.75, 3.05) is 11.9 Å². The van der Waals surface area contributed by atoms with E-state index in [1.807, 2.05) is 36.4 Å². The lowest BCUT2D eigenvalue weighted by molar-refractivity contribution is -0.138. The zero-order valence-electron chi connectivity index (χ0n) is 9.86. The van der Waals surface area contributed by atoms with Gasteiger partial charge in [-0.15, -0.1) is 0 Å². The van der Waals surface area contributed by atoms with Gasteiger partial charge in [0.2, 0.25) is 0 Å². The summed E-state index contributed by atoms with van der Waals surface area (Å²) in [4.78, 5) is 11.5. The van der Waals surface area contributed by atoms with Gasteiger partial charge in [0.25, 0.3) is 0 Å². The summed E-state index contributed by atoms with van der Waals surface area (Å²) in [6.07, 6.45) is 0. The Morgan fingerprint density at radius 2 is 2.06 bits per heavy atom. The second-order valence-corrected chi connectivity index (χ2v) is 3.32. The number of rotatable bonds is 4. The van der Waals surface area contributed by atoms with Gasteiger partial charge in [-0.2, -0.15) is 5.26 Å². The van der Waals surface area contributed by atoms with Crippen LogP contribution in [0.5, 0.6) is 0 Å². The van der Waals surface area contributed by atoms with Crippen LogP contribution < -0.4 is 5.32 Å². The van der Waals surface area contributed by atoms with Crippen molar-refractivity contribution < 1.29 is 9.53 Å². The largest absolute Gasteiger partial charge is 0.462 e. The highest BCUT2D eigenvalue weighted by molar-refractivity contribution is 5.94. The van der Waals surface area contributed by atoms with Crippen molar-refractivity contribution in [3.63, 3.8) is 0 Å². The molecule has 0 atom stereocenters. The molecule has 1 N–H and O–H groups in total. The molecule has 1 aromatic carbocycles. The van der Waals surface area contributed by atoms with Crippen LogP contribution in [0.3, 0.4) is 0 Å². The first-order valence-electron chi connectivity index (χ1n) is 5.29. The van der Waals surface area contributed by atoms with E-state index in [1.54, 1.807) is 13.8 Å². The first-order valence-corrected chi connectivity index (χ1v) is 5.29. The minimum absolute atomic E-state index is 0.00398. The van der Waals surface area contributed by atoms with Crippen molar-refractivity contribution in [2.24, 2.45) is 0 Å². The smallest absolute Gasteiger partial charge is 0.350 e. The number of esters is 1. The Morgan fingerprint density at radius 3 is 2.59 bits per heavy atom. The fraction of sp³-hybridized carbons (Fsp3) is 0.231. The number of benzene rings is 1. The van der Waals surface area contributed by atoms with E-state index in [9.17, 15) is 4.79 Å². The molecule has 0 fully saturated rings. The minimum atomic E-state index is -0.601. The van der Waals surface area contributed by atoms with Gasteiger partial charge in [-0.3, -0.25) is 0 Å². The molecule has 0 spiro atoms. The highest BCUT2D eigenvalue weighted by atomic mass is 16.5. The number of nitrogens with one attached hydrogen (secondary N) is 1. The van der Waals surface area contributed by atoms with Crippen LogP contribution in [0, 0.1) is 11.3 Å². The van der Waals surface area contributed by atoms with Crippen molar-refractivity contribution in [2.45, 2.75) is 13.8 Å². The number of hydrogen-bond donors (Lipinski definition) is 1. The van der Waals surface area contributed by atoms with E-state index in [2.05, 4.69) is 5.32 Å². The SMILES string of the molecule is CCOC(=O)C(C#N)=C(C)Nc1ccccc1. The Hall–Kier alpha value is -2.28. The number of anilines is 1. The lowest BCUT2D eigenvalue weighted by Crippen LogP contribution is -2.11. The molecule has 0 aliphatic heterocycles. The summed E-state index contributed by atoms with van der Waals surface area (Å²) in [5, 5.41) is 11.9. The van der Waals surface area contributed by atoms with Crippen LogP contribution in [0.25, 0.3) is 0 Å². The van der Waals surface area contributed by atoms with Crippen molar-refractivity contribution in [3.8, 4) is 6.07 Å². The Labute approximate surface area is 101 Å². The van der Waals surface area contributed by atoms with Crippen LogP contribution in [0.2, 0.25) is 0 Å². The molecule has 0 radical (unpaired) electrons. The van der Waals surface area contributed by atoms with Crippen LogP contribution in [-0.4, -0.2) is 12.6 Å². The number of nitrogens with zero attached hydrogens (tertiary/aromatic N) is 1. The summed E-state index contributed by atoms with van der Waals surface area (Å²) in [6, 6.07) is 11.2. The molecule has 88 valence electrons. The number of allylic oxidation sites excluding steroid dienone is 1. The van der Waals surface area contributed by atoms with Gasteiger partial charge in [0.05, 0.1) is 6.61 Å². The third-order valence-corrected chi connectivity index (χ3v) is 2.07. The molecule has 0 amide bonds. The first-order chi connectivity index (χ1) is 8.19. The molecule has 0 saturated carbocycles. The van der Waals surface area contributed by atoms with Crippen LogP contribution >= 0.6 is 0 Å². The fourth-order valence-corrected chi connectivity index (χ4v) is 1.29. The Bertz CT molecular complexity index is 458. The van der Waals surface area contributed by atoms with Crippen molar-refractivity contribution >= 4 is 11.7 Å². The molecule has 17 heavy (non-hydrogen) atoms. The molecule has 0 unspecified atom stereocenters. The fourth-order valence-electron chi connectivity index (χ4n) is 1.29. The van der Waals surface area contributed by atoms with Gasteiger partial charge in [-0.05, 0) is 26.0 Å². The van der Waals surface area contributed by atoms with E-state index >= 15 is 0 Å². The molecule has 4 heteroatoms. The van der Waals surface area contributed by atoms with Crippen molar-refractivity contribution in [1.82, 2.24) is 0 Å². The standard InChI is InChI=1S/C13H14N2O2/c1-3-17-13(16)12(9-14)10(2)15-11-7-5-4-6-8-11/h4-8,15H,3H2,1-2H3. The normalized spacial score (nSPS) is 11.1. The maximum absolute atomic E-state index is 11.5. The third kappa shape index (κ3) is 3.65. The maximum Gasteiger partial charge on any atom is 0.350 e. The lowest BCUT2D eigenvalue weighted by Gasteiger charge is -2.08. The predicted molar refractivity (Wildman–Crippen MR) is 65.0 cm³/mol. The minimum Gasteiger partial charge on any atom is -0.462 e. The number of carbonyl (C=O) groups is 1. The highest BCUT2D eigenvalue weighted by Gasteiger charge is 2.13. The van der Waals surface area contributed by atoms with E-state index in [4.69, 9.17) is 10.00 Å². The summed E-state index contributed by atoms with van der Waals surface area (Å²) in [7, 11) is 0. The Balaban J connectivity index is 2.88. The van der Waals surface area contributed by atoms with Gasteiger partial charge in [0, 0.05) is 11.4 Å². The van der Waals surface area contributed by atoms with Crippen LogP contribution in [0.4, 0.5) is 5.69 Å². The van der Waals surface area contributed by atoms with E-state index in [0.29, 0.717) is 5.70 Å². The quantitative estimate of drug-likeness (QED) is 0.490. The molecule has 0 heterocycles. The maximum atomic E-state index is 11.5. The second kappa shape index (κ2) is 6.33. The third-order valence-electron chi connectivity index (χ3n) is 2.07. The molecule has 0 saturated heterocycles. The van der Waals surface area contributed by atoms with E-state index in [1.165, 1.54) is 0 Å². The number of para-hydroxylation sites is 1. The first kappa shape index (κ1) is 12.8. The summed E-state index contributed by atoms with van der Waals surface area (Å²) < 4.78 is 4.79. The molecular weight excluding hydrogens is 216 g/mol. The molecule has 0 aromatic heterocycles. The van der Waals surface area contributed by atoms with Crippen LogP contribution in [-0.2, 0) is 9.53 Å². The van der Waals surface area contributed by atoms with Gasteiger partial charge in [-0.1, -0.05) is 18.2 Å². The predicted octanol–water partition coefficient (Wildman–Crippen LogP) is 2.46. The Kier molecular flexibility index (Phi) is 4.77. The molecule has 0 aliphatic carbocycles. The highest BCUT2D eigenvalue weighted by Crippen LogP contribution is 2.12. The van der Waals surface area contributed by atoms with Gasteiger partial charge in [0.15, 0.2) is 5.57 Å². The zero-order valence-corrected chi connectivity index (χ0v) is 9.86. The van der Waals surface area contributed by atoms with Gasteiger partial charge < -0.3 is 10.1 Å². The molecule has 1 rings (SSSR count). The topological polar surface area (TPSA) is 62.1 Å². The number of carbonyl (C=O) groups excluding carboxylic acids is 1. The molecule has 0 aliphatic rings. The summed E-state index contributed by atoms with van der Waals surface area (Å²) in [5.74, 6) is -0.601. The van der Waals surface area contributed by atoms with Crippen LogP contribution in [0.15, 0.2) is 41.6 Å². The molecule has 0 bridgehead atoms. The second-order valence-electron chi connectivity index (χ2n) is 3.32. The van der Waals surface area contributed by atoms with E-state index < -0.39 is 5.97 Å². The summed E-state index contributed by atoms with van der Waals surface area (Å²) in [5.41, 5.74) is 1.30. The Morgan fingerprint density at radius 1 is 1.41 bits per heavy atom. The number of nitriles is 1. The molecule has 4 nitrogen and oxygen atoms in total. The van der Waals surface area contributed by atoms with Crippen molar-refractivity contribution in [3.05, 3.63) is 41.6 Å². The zero-order chi connectivity index (χ0) is 12.7. The average Bonchev–Trinajstić information content (AvgIpc) is 2.31. The molecule has 1 aromatic rings.